The van der Waals surface area contributed by atoms with E-state index >= 15 is 0 Å². The first-order chi connectivity index (χ1) is 10.1. The summed E-state index contributed by atoms with van der Waals surface area (Å²) in [5.41, 5.74) is 1.88. The number of para-hydroxylation sites is 1. The molecule has 2 heterocycles. The van der Waals surface area contributed by atoms with Gasteiger partial charge in [-0.1, -0.05) is 24.3 Å². The molecular weight excluding hydrogens is 280 g/mol. The molecule has 1 aromatic carbocycles. The van der Waals surface area contributed by atoms with E-state index < -0.39 is 0 Å². The fourth-order valence-electron chi connectivity index (χ4n) is 2.58. The Morgan fingerprint density at radius 3 is 2.81 bits per heavy atom. The lowest BCUT2D eigenvalue weighted by Gasteiger charge is -2.17. The molecule has 3 aromatic rings. The van der Waals surface area contributed by atoms with Crippen LogP contribution in [0.4, 0.5) is 5.69 Å². The van der Waals surface area contributed by atoms with Crippen LogP contribution in [-0.4, -0.2) is 10.6 Å². The third kappa shape index (κ3) is 2.85. The van der Waals surface area contributed by atoms with Gasteiger partial charge in [0.1, 0.15) is 0 Å². The Morgan fingerprint density at radius 1 is 1.24 bits per heavy atom. The monoisotopic (exact) mass is 298 g/mol. The summed E-state index contributed by atoms with van der Waals surface area (Å²) in [5.74, 6) is 0. The zero-order chi connectivity index (χ0) is 14.8. The van der Waals surface area contributed by atoms with Crippen LogP contribution < -0.4 is 10.9 Å². The van der Waals surface area contributed by atoms with Gasteiger partial charge in [0.15, 0.2) is 0 Å². The second-order valence-corrected chi connectivity index (χ2v) is 6.33. The smallest absolute Gasteiger partial charge is 0.252 e. The number of aromatic nitrogens is 1. The lowest BCUT2D eigenvalue weighted by atomic mass is 10.1. The molecule has 0 bridgehead atoms. The zero-order valence-corrected chi connectivity index (χ0v) is 13.0. The SMILES string of the molecule is CC(Cc1cccs1)Nc1cc(=O)n(C)c2ccccc12. The molecule has 21 heavy (non-hydrogen) atoms. The van der Waals surface area contributed by atoms with Crippen molar-refractivity contribution < 1.29 is 0 Å². The highest BCUT2D eigenvalue weighted by Crippen LogP contribution is 2.22. The molecule has 0 amide bonds. The van der Waals surface area contributed by atoms with E-state index in [-0.39, 0.29) is 11.6 Å². The van der Waals surface area contributed by atoms with Crippen LogP contribution in [0.25, 0.3) is 10.9 Å². The van der Waals surface area contributed by atoms with Crippen LogP contribution in [-0.2, 0) is 13.5 Å². The van der Waals surface area contributed by atoms with Crippen molar-refractivity contribution in [1.82, 2.24) is 4.57 Å². The summed E-state index contributed by atoms with van der Waals surface area (Å²) in [4.78, 5) is 13.4. The van der Waals surface area contributed by atoms with Gasteiger partial charge in [0.2, 0.25) is 0 Å². The van der Waals surface area contributed by atoms with Crippen molar-refractivity contribution in [2.45, 2.75) is 19.4 Å². The summed E-state index contributed by atoms with van der Waals surface area (Å²) in [7, 11) is 1.81. The van der Waals surface area contributed by atoms with Gasteiger partial charge < -0.3 is 9.88 Å². The predicted molar refractivity (Wildman–Crippen MR) is 90.3 cm³/mol. The Balaban J connectivity index is 1.93. The van der Waals surface area contributed by atoms with Crippen LogP contribution in [0.1, 0.15) is 11.8 Å². The van der Waals surface area contributed by atoms with Gasteiger partial charge in [-0.05, 0) is 24.4 Å². The van der Waals surface area contributed by atoms with Gasteiger partial charge in [-0.2, -0.15) is 0 Å². The highest BCUT2D eigenvalue weighted by Gasteiger charge is 2.09. The minimum atomic E-state index is 0.0134. The van der Waals surface area contributed by atoms with Crippen LogP contribution in [0, 0.1) is 0 Å². The van der Waals surface area contributed by atoms with E-state index in [1.165, 1.54) is 4.88 Å². The van der Waals surface area contributed by atoms with Crippen molar-refractivity contribution in [3.8, 4) is 0 Å². The molecule has 0 fully saturated rings. The number of hydrogen-bond acceptors (Lipinski definition) is 3. The maximum absolute atomic E-state index is 12.1. The fourth-order valence-corrected chi connectivity index (χ4v) is 3.41. The third-order valence-corrected chi connectivity index (χ3v) is 4.54. The average molecular weight is 298 g/mol. The molecular formula is C17H18N2OS. The van der Waals surface area contributed by atoms with Crippen molar-refractivity contribution >= 4 is 27.9 Å². The highest BCUT2D eigenvalue weighted by molar-refractivity contribution is 7.09. The summed E-state index contributed by atoms with van der Waals surface area (Å²) in [6, 6.07) is 14.2. The molecule has 1 atom stereocenters. The van der Waals surface area contributed by atoms with E-state index in [4.69, 9.17) is 0 Å². The van der Waals surface area contributed by atoms with Gasteiger partial charge >= 0.3 is 0 Å². The molecule has 3 nitrogen and oxygen atoms in total. The lowest BCUT2D eigenvalue weighted by molar-refractivity contribution is 0.799. The maximum Gasteiger partial charge on any atom is 0.252 e. The van der Waals surface area contributed by atoms with E-state index in [1.54, 1.807) is 22.0 Å². The first-order valence-corrected chi connectivity index (χ1v) is 7.91. The second-order valence-electron chi connectivity index (χ2n) is 5.30. The first kappa shape index (κ1) is 13.9. The van der Waals surface area contributed by atoms with Crippen LogP contribution in [0.3, 0.4) is 0 Å². The van der Waals surface area contributed by atoms with Crippen LogP contribution in [0.5, 0.6) is 0 Å². The fraction of sp³-hybridized carbons (Fsp3) is 0.235. The normalized spacial score (nSPS) is 12.5. The van der Waals surface area contributed by atoms with Gasteiger partial charge in [0.05, 0.1) is 5.52 Å². The van der Waals surface area contributed by atoms with Crippen molar-refractivity contribution in [3.05, 3.63) is 63.1 Å². The van der Waals surface area contributed by atoms with Crippen molar-refractivity contribution in [2.75, 3.05) is 5.32 Å². The highest BCUT2D eigenvalue weighted by atomic mass is 32.1. The average Bonchev–Trinajstić information content (AvgIpc) is 2.97. The summed E-state index contributed by atoms with van der Waals surface area (Å²) in [6.45, 7) is 2.14. The number of nitrogens with one attached hydrogen (secondary N) is 1. The number of fused-ring (bicyclic) bond motifs is 1. The third-order valence-electron chi connectivity index (χ3n) is 3.64. The Kier molecular flexibility index (Phi) is 3.80. The van der Waals surface area contributed by atoms with E-state index in [1.807, 2.05) is 25.2 Å². The maximum atomic E-state index is 12.1. The number of hydrogen-bond donors (Lipinski definition) is 1. The summed E-state index contributed by atoms with van der Waals surface area (Å²) in [6.07, 6.45) is 0.960. The van der Waals surface area contributed by atoms with E-state index in [0.29, 0.717) is 0 Å². The summed E-state index contributed by atoms with van der Waals surface area (Å²) in [5, 5.41) is 6.66. The van der Waals surface area contributed by atoms with Gasteiger partial charge in [0.25, 0.3) is 5.56 Å². The molecule has 108 valence electrons. The van der Waals surface area contributed by atoms with E-state index in [2.05, 4.69) is 35.8 Å². The minimum Gasteiger partial charge on any atom is -0.382 e. The molecule has 1 N–H and O–H groups in total. The summed E-state index contributed by atoms with van der Waals surface area (Å²) < 4.78 is 1.68. The molecule has 0 aliphatic heterocycles. The molecule has 1 unspecified atom stereocenters. The molecule has 0 aliphatic rings. The Morgan fingerprint density at radius 2 is 2.05 bits per heavy atom. The van der Waals surface area contributed by atoms with Crippen LogP contribution in [0.2, 0.25) is 0 Å². The molecule has 0 aliphatic carbocycles. The Hall–Kier alpha value is -2.07. The molecule has 4 heteroatoms. The van der Waals surface area contributed by atoms with E-state index in [9.17, 15) is 4.79 Å². The predicted octanol–water partition coefficient (Wildman–Crippen LogP) is 3.64. The van der Waals surface area contributed by atoms with E-state index in [0.717, 1.165) is 23.0 Å². The Labute approximate surface area is 127 Å². The number of aryl methyl sites for hydroxylation is 1. The number of nitrogens with zero attached hydrogens (tertiary/aromatic N) is 1. The molecule has 0 radical (unpaired) electrons. The molecule has 3 rings (SSSR count). The zero-order valence-electron chi connectivity index (χ0n) is 12.2. The van der Waals surface area contributed by atoms with Crippen molar-refractivity contribution in [1.29, 1.82) is 0 Å². The lowest BCUT2D eigenvalue weighted by Crippen LogP contribution is -2.22. The second kappa shape index (κ2) is 5.74. The largest absolute Gasteiger partial charge is 0.382 e. The molecule has 0 saturated heterocycles. The number of pyridine rings is 1. The number of rotatable bonds is 4. The number of anilines is 1. The number of benzene rings is 1. The molecule has 0 saturated carbocycles. The summed E-state index contributed by atoms with van der Waals surface area (Å²) >= 11 is 1.77. The minimum absolute atomic E-state index is 0.0134. The number of thiophene rings is 1. The van der Waals surface area contributed by atoms with Crippen molar-refractivity contribution in [2.24, 2.45) is 7.05 Å². The van der Waals surface area contributed by atoms with Crippen molar-refractivity contribution in [3.63, 3.8) is 0 Å². The van der Waals surface area contributed by atoms with Crippen LogP contribution >= 0.6 is 11.3 Å². The van der Waals surface area contributed by atoms with Gasteiger partial charge in [-0.15, -0.1) is 11.3 Å². The van der Waals surface area contributed by atoms with Gasteiger partial charge in [0, 0.05) is 41.5 Å². The standard InChI is InChI=1S/C17H18N2OS/c1-12(10-13-6-5-9-21-13)18-15-11-17(20)19(2)16-8-4-3-7-14(15)16/h3-9,11-12,18H,10H2,1-2H3. The first-order valence-electron chi connectivity index (χ1n) is 7.03. The van der Waals surface area contributed by atoms with Gasteiger partial charge in [-0.3, -0.25) is 4.79 Å². The van der Waals surface area contributed by atoms with Gasteiger partial charge in [-0.25, -0.2) is 0 Å². The molecule has 2 aromatic heterocycles. The molecule has 0 spiro atoms. The topological polar surface area (TPSA) is 34.0 Å². The van der Waals surface area contributed by atoms with Crippen LogP contribution in [0.15, 0.2) is 52.6 Å². The quantitative estimate of drug-likeness (QED) is 0.798. The Bertz CT molecular complexity index is 805.